The van der Waals surface area contributed by atoms with Gasteiger partial charge < -0.3 is 0 Å². The van der Waals surface area contributed by atoms with Crippen molar-refractivity contribution in [3.05, 3.63) is 53.7 Å². The Hall–Kier alpha value is -2.76. The first-order chi connectivity index (χ1) is 12.4. The smallest absolute Gasteiger partial charge is 0.170 e. The van der Waals surface area contributed by atoms with Gasteiger partial charge in [0.05, 0.1) is 11.6 Å². The summed E-state index contributed by atoms with van der Waals surface area (Å²) in [7, 11) is 1.89. The molecule has 3 aromatic heterocycles. The van der Waals surface area contributed by atoms with Crippen molar-refractivity contribution in [3.63, 3.8) is 0 Å². The second-order valence-electron chi connectivity index (χ2n) is 8.31. The van der Waals surface area contributed by atoms with Crippen molar-refractivity contribution in [3.8, 4) is 0 Å². The Morgan fingerprint density at radius 1 is 1.04 bits per heavy atom. The first-order valence-corrected chi connectivity index (χ1v) is 9.05. The highest BCUT2D eigenvalue weighted by atomic mass is 15.3. The average Bonchev–Trinajstić information content (AvgIpc) is 3.14. The zero-order valence-electron chi connectivity index (χ0n) is 15.5. The average molecular weight is 346 g/mol. The topological polar surface area (TPSA) is 60.9 Å². The number of aromatic nitrogens is 6. The lowest BCUT2D eigenvalue weighted by Crippen LogP contribution is -2.10. The van der Waals surface area contributed by atoms with Crippen LogP contribution >= 0.6 is 0 Å². The summed E-state index contributed by atoms with van der Waals surface area (Å²) in [5, 5.41) is 9.90. The van der Waals surface area contributed by atoms with Crippen LogP contribution in [0.15, 0.2) is 36.8 Å². The Balaban J connectivity index is 1.46. The zero-order chi connectivity index (χ0) is 18.1. The fourth-order valence-corrected chi connectivity index (χ4v) is 3.69. The minimum absolute atomic E-state index is 0.187. The van der Waals surface area contributed by atoms with E-state index in [1.807, 2.05) is 13.2 Å². The van der Waals surface area contributed by atoms with E-state index in [9.17, 15) is 0 Å². The van der Waals surface area contributed by atoms with Crippen LogP contribution in [0.4, 0.5) is 0 Å². The third-order valence-corrected chi connectivity index (χ3v) is 5.41. The summed E-state index contributed by atoms with van der Waals surface area (Å²) in [6.07, 6.45) is 4.65. The molecule has 0 saturated heterocycles. The largest absolute Gasteiger partial charge is 0.250 e. The lowest BCUT2D eigenvalue weighted by molar-refractivity contribution is 0.590. The maximum absolute atomic E-state index is 4.81. The standard InChI is InChI=1S/C20H22N6/c1-20(2,3)13-7-5-12(6-8-13)14-9-15(14)17-23-19-16-10-22-25(4)18(16)21-11-26(19)24-17/h5-8,10-11,14-15H,9H2,1-4H3. The number of fused-ring (bicyclic) bond motifs is 3. The van der Waals surface area contributed by atoms with E-state index in [1.54, 1.807) is 15.5 Å². The van der Waals surface area contributed by atoms with Gasteiger partial charge in [-0.15, -0.1) is 5.10 Å². The molecule has 1 saturated carbocycles. The maximum atomic E-state index is 4.81. The summed E-state index contributed by atoms with van der Waals surface area (Å²) in [5.41, 5.74) is 4.61. The molecular formula is C20H22N6. The Labute approximate surface area is 151 Å². The molecule has 4 aromatic rings. The SMILES string of the molecule is Cn1ncc2c1ncn1nc(C3CC3c3ccc(C(C)(C)C)cc3)nc21. The van der Waals surface area contributed by atoms with Crippen LogP contribution in [0, 0.1) is 0 Å². The van der Waals surface area contributed by atoms with Crippen LogP contribution in [0.5, 0.6) is 0 Å². The van der Waals surface area contributed by atoms with Crippen LogP contribution in [0.3, 0.4) is 0 Å². The van der Waals surface area contributed by atoms with Crippen molar-refractivity contribution in [1.82, 2.24) is 29.4 Å². The van der Waals surface area contributed by atoms with Crippen LogP contribution in [-0.4, -0.2) is 29.4 Å². The molecule has 2 unspecified atom stereocenters. The molecule has 26 heavy (non-hydrogen) atoms. The molecule has 3 heterocycles. The quantitative estimate of drug-likeness (QED) is 0.557. The van der Waals surface area contributed by atoms with Gasteiger partial charge in [0.2, 0.25) is 0 Å². The van der Waals surface area contributed by atoms with E-state index in [-0.39, 0.29) is 5.41 Å². The Morgan fingerprint density at radius 3 is 2.54 bits per heavy atom. The number of nitrogens with zero attached hydrogens (tertiary/aromatic N) is 6. The summed E-state index contributed by atoms with van der Waals surface area (Å²) in [6.45, 7) is 6.74. The number of hydrogen-bond acceptors (Lipinski definition) is 4. The molecule has 6 nitrogen and oxygen atoms in total. The molecule has 0 spiro atoms. The van der Waals surface area contributed by atoms with E-state index < -0.39 is 0 Å². The van der Waals surface area contributed by atoms with E-state index in [2.05, 4.69) is 60.2 Å². The predicted molar refractivity (Wildman–Crippen MR) is 100 cm³/mol. The van der Waals surface area contributed by atoms with E-state index in [0.29, 0.717) is 11.8 Å². The highest BCUT2D eigenvalue weighted by molar-refractivity contribution is 5.88. The normalized spacial score (nSPS) is 20.2. The minimum atomic E-state index is 0.187. The molecule has 0 N–H and O–H groups in total. The fraction of sp³-hybridized carbons (Fsp3) is 0.400. The lowest BCUT2D eigenvalue weighted by atomic mass is 9.86. The second kappa shape index (κ2) is 5.13. The van der Waals surface area contributed by atoms with Crippen molar-refractivity contribution in [2.75, 3.05) is 0 Å². The summed E-state index contributed by atoms with van der Waals surface area (Å²) in [5.74, 6) is 1.81. The summed E-state index contributed by atoms with van der Waals surface area (Å²) in [6, 6.07) is 9.04. The van der Waals surface area contributed by atoms with Gasteiger partial charge in [-0.3, -0.25) is 4.68 Å². The van der Waals surface area contributed by atoms with Gasteiger partial charge in [0, 0.05) is 13.0 Å². The van der Waals surface area contributed by atoms with E-state index in [4.69, 9.17) is 4.98 Å². The molecule has 1 aromatic carbocycles. The highest BCUT2D eigenvalue weighted by Crippen LogP contribution is 2.53. The molecule has 0 amide bonds. The van der Waals surface area contributed by atoms with Crippen LogP contribution < -0.4 is 0 Å². The van der Waals surface area contributed by atoms with E-state index in [1.165, 1.54) is 11.1 Å². The number of rotatable bonds is 2. The van der Waals surface area contributed by atoms with Crippen LogP contribution in [0.25, 0.3) is 16.7 Å². The van der Waals surface area contributed by atoms with Gasteiger partial charge in [0.1, 0.15) is 6.33 Å². The number of benzene rings is 1. The fourth-order valence-electron chi connectivity index (χ4n) is 3.69. The van der Waals surface area contributed by atoms with Gasteiger partial charge in [-0.1, -0.05) is 45.0 Å². The molecule has 0 aliphatic heterocycles. The van der Waals surface area contributed by atoms with Gasteiger partial charge in [0.15, 0.2) is 17.1 Å². The second-order valence-corrected chi connectivity index (χ2v) is 8.31. The molecule has 132 valence electrons. The van der Waals surface area contributed by atoms with Crippen LogP contribution in [-0.2, 0) is 12.5 Å². The molecule has 2 atom stereocenters. The molecule has 0 bridgehead atoms. The van der Waals surface area contributed by atoms with Gasteiger partial charge in [0.25, 0.3) is 0 Å². The Bertz CT molecular complexity index is 1110. The maximum Gasteiger partial charge on any atom is 0.170 e. The van der Waals surface area contributed by atoms with Gasteiger partial charge >= 0.3 is 0 Å². The Morgan fingerprint density at radius 2 is 1.81 bits per heavy atom. The number of aryl methyl sites for hydroxylation is 1. The monoisotopic (exact) mass is 346 g/mol. The lowest BCUT2D eigenvalue weighted by Gasteiger charge is -2.19. The molecule has 1 fully saturated rings. The molecule has 1 aliphatic carbocycles. The van der Waals surface area contributed by atoms with Crippen molar-refractivity contribution in [1.29, 1.82) is 0 Å². The summed E-state index contributed by atoms with van der Waals surface area (Å²) < 4.78 is 3.54. The highest BCUT2D eigenvalue weighted by Gasteiger charge is 2.42. The van der Waals surface area contributed by atoms with Crippen LogP contribution in [0.1, 0.15) is 56.0 Å². The van der Waals surface area contributed by atoms with Gasteiger partial charge in [-0.2, -0.15) is 5.10 Å². The van der Waals surface area contributed by atoms with Crippen molar-refractivity contribution < 1.29 is 0 Å². The molecule has 5 rings (SSSR count). The van der Waals surface area contributed by atoms with Crippen molar-refractivity contribution >= 4 is 16.7 Å². The first-order valence-electron chi connectivity index (χ1n) is 9.05. The molecule has 0 radical (unpaired) electrons. The zero-order valence-corrected chi connectivity index (χ0v) is 15.5. The van der Waals surface area contributed by atoms with Crippen molar-refractivity contribution in [2.24, 2.45) is 7.05 Å². The third-order valence-electron chi connectivity index (χ3n) is 5.41. The first kappa shape index (κ1) is 15.5. The summed E-state index contributed by atoms with van der Waals surface area (Å²) in [4.78, 5) is 9.24. The van der Waals surface area contributed by atoms with E-state index >= 15 is 0 Å². The minimum Gasteiger partial charge on any atom is -0.250 e. The molecule has 1 aliphatic rings. The van der Waals surface area contributed by atoms with Gasteiger partial charge in [-0.05, 0) is 28.9 Å². The number of hydrogen-bond donors (Lipinski definition) is 0. The Kier molecular flexibility index (Phi) is 3.05. The summed E-state index contributed by atoms with van der Waals surface area (Å²) >= 11 is 0. The van der Waals surface area contributed by atoms with E-state index in [0.717, 1.165) is 28.9 Å². The molecule has 6 heteroatoms. The van der Waals surface area contributed by atoms with Crippen molar-refractivity contribution in [2.45, 2.75) is 44.4 Å². The molecular weight excluding hydrogens is 324 g/mol. The van der Waals surface area contributed by atoms with Crippen LogP contribution in [0.2, 0.25) is 0 Å². The predicted octanol–water partition coefficient (Wildman–Crippen LogP) is 3.58. The third kappa shape index (κ3) is 2.32. The van der Waals surface area contributed by atoms with Gasteiger partial charge in [-0.25, -0.2) is 14.5 Å².